The highest BCUT2D eigenvalue weighted by Crippen LogP contribution is 2.37. The van der Waals surface area contributed by atoms with Crippen LogP contribution in [-0.2, 0) is 22.5 Å². The summed E-state index contributed by atoms with van der Waals surface area (Å²) < 4.78 is 5.54. The molecule has 4 rings (SSSR count). The van der Waals surface area contributed by atoms with Crippen LogP contribution in [0.25, 0.3) is 0 Å². The maximum atomic E-state index is 13.0. The quantitative estimate of drug-likeness (QED) is 0.836. The fourth-order valence-electron chi connectivity index (χ4n) is 4.17. The second-order valence-corrected chi connectivity index (χ2v) is 7.48. The normalized spacial score (nSPS) is 18.0. The third kappa shape index (κ3) is 3.78. The second-order valence-electron chi connectivity index (χ2n) is 7.48. The summed E-state index contributed by atoms with van der Waals surface area (Å²) in [6.45, 7) is 2.25. The molecule has 1 N–H and O–H groups in total. The molecule has 6 heteroatoms. The summed E-state index contributed by atoms with van der Waals surface area (Å²) in [5, 5.41) is 3.00. The minimum Gasteiger partial charge on any atom is -0.381 e. The third-order valence-corrected chi connectivity index (χ3v) is 5.74. The Morgan fingerprint density at radius 2 is 1.93 bits per heavy atom. The molecule has 0 saturated carbocycles. The average molecular weight is 379 g/mol. The second kappa shape index (κ2) is 8.10. The number of nitrogens with one attached hydrogen (secondary N) is 1. The summed E-state index contributed by atoms with van der Waals surface area (Å²) in [6, 6.07) is 13.5. The number of fused-ring (bicyclic) bond motifs is 1. The van der Waals surface area contributed by atoms with Gasteiger partial charge in [-0.1, -0.05) is 24.3 Å². The Balaban J connectivity index is 1.43. The number of ether oxygens (including phenoxy) is 1. The van der Waals surface area contributed by atoms with Crippen LogP contribution < -0.4 is 5.32 Å². The van der Waals surface area contributed by atoms with E-state index in [1.54, 1.807) is 6.20 Å². The highest BCUT2D eigenvalue weighted by atomic mass is 16.5. The van der Waals surface area contributed by atoms with Crippen molar-refractivity contribution >= 4 is 11.8 Å². The first-order chi connectivity index (χ1) is 13.7. The molecule has 1 aromatic heterocycles. The predicted octanol–water partition coefficient (Wildman–Crippen LogP) is 2.34. The molecule has 2 amide bonds. The van der Waals surface area contributed by atoms with Gasteiger partial charge in [-0.2, -0.15) is 0 Å². The molecule has 0 unspecified atom stereocenters. The Labute approximate surface area is 164 Å². The molecule has 0 spiro atoms. The molecule has 3 heterocycles. The van der Waals surface area contributed by atoms with Crippen LogP contribution >= 0.6 is 0 Å². The maximum absolute atomic E-state index is 13.0. The van der Waals surface area contributed by atoms with Gasteiger partial charge >= 0.3 is 0 Å². The van der Waals surface area contributed by atoms with Crippen molar-refractivity contribution in [3.8, 4) is 0 Å². The van der Waals surface area contributed by atoms with Gasteiger partial charge in [-0.15, -0.1) is 0 Å². The molecular weight excluding hydrogens is 354 g/mol. The summed E-state index contributed by atoms with van der Waals surface area (Å²) in [5.41, 5.74) is 2.26. The predicted molar refractivity (Wildman–Crippen MR) is 105 cm³/mol. The lowest BCUT2D eigenvalue weighted by atomic mass is 9.84. The number of benzene rings is 1. The number of carbonyl (C=O) groups is 2. The summed E-state index contributed by atoms with van der Waals surface area (Å²) in [4.78, 5) is 31.9. The van der Waals surface area contributed by atoms with Crippen molar-refractivity contribution in [2.24, 2.45) is 0 Å². The molecule has 146 valence electrons. The lowest BCUT2D eigenvalue weighted by molar-refractivity contribution is -0.125. The van der Waals surface area contributed by atoms with E-state index in [0.29, 0.717) is 52.0 Å². The van der Waals surface area contributed by atoms with Crippen LogP contribution in [0, 0.1) is 0 Å². The van der Waals surface area contributed by atoms with E-state index in [1.807, 2.05) is 47.4 Å². The van der Waals surface area contributed by atoms with Gasteiger partial charge in [0.05, 0.1) is 12.0 Å². The molecule has 1 aromatic carbocycles. The van der Waals surface area contributed by atoms with Crippen LogP contribution in [0.5, 0.6) is 0 Å². The van der Waals surface area contributed by atoms with Gasteiger partial charge in [0.15, 0.2) is 0 Å². The van der Waals surface area contributed by atoms with E-state index in [2.05, 4.69) is 10.3 Å². The molecule has 0 aliphatic carbocycles. The molecular formula is C22H25N3O3. The number of hydrogen-bond donors (Lipinski definition) is 1. The van der Waals surface area contributed by atoms with Gasteiger partial charge in [0.1, 0.15) is 0 Å². The van der Waals surface area contributed by atoms with E-state index in [9.17, 15) is 9.59 Å². The smallest absolute Gasteiger partial charge is 0.254 e. The van der Waals surface area contributed by atoms with Crippen molar-refractivity contribution in [2.45, 2.75) is 37.8 Å². The van der Waals surface area contributed by atoms with Gasteiger partial charge in [-0.25, -0.2) is 0 Å². The largest absolute Gasteiger partial charge is 0.381 e. The van der Waals surface area contributed by atoms with E-state index in [-0.39, 0.29) is 11.8 Å². The first kappa shape index (κ1) is 18.6. The highest BCUT2D eigenvalue weighted by molar-refractivity contribution is 5.99. The Hall–Kier alpha value is -2.73. The Morgan fingerprint density at radius 3 is 2.68 bits per heavy atom. The molecule has 2 aliphatic rings. The highest BCUT2D eigenvalue weighted by Gasteiger charge is 2.45. The SMILES string of the molecule is O=C(CC1(N2Cc3ccccc3C2=O)CCOCC1)NCCc1ccccn1. The average Bonchev–Trinajstić information content (AvgIpc) is 3.07. The fraction of sp³-hybridized carbons (Fsp3) is 0.409. The summed E-state index contributed by atoms with van der Waals surface area (Å²) in [7, 11) is 0. The van der Waals surface area contributed by atoms with Crippen molar-refractivity contribution < 1.29 is 14.3 Å². The van der Waals surface area contributed by atoms with Gasteiger partial charge in [0, 0.05) is 50.2 Å². The van der Waals surface area contributed by atoms with Crippen molar-refractivity contribution in [3.63, 3.8) is 0 Å². The van der Waals surface area contributed by atoms with E-state index < -0.39 is 5.54 Å². The van der Waals surface area contributed by atoms with Gasteiger partial charge in [0.25, 0.3) is 5.91 Å². The number of pyridine rings is 1. The van der Waals surface area contributed by atoms with Crippen molar-refractivity contribution in [1.82, 2.24) is 15.2 Å². The van der Waals surface area contributed by atoms with Crippen molar-refractivity contribution in [1.29, 1.82) is 0 Å². The number of hydrogen-bond acceptors (Lipinski definition) is 4. The Kier molecular flexibility index (Phi) is 5.39. The van der Waals surface area contributed by atoms with Crippen LogP contribution in [0.15, 0.2) is 48.7 Å². The Bertz CT molecular complexity index is 847. The summed E-state index contributed by atoms with van der Waals surface area (Å²) >= 11 is 0. The molecule has 0 bridgehead atoms. The van der Waals surface area contributed by atoms with Gasteiger partial charge < -0.3 is 15.0 Å². The lowest BCUT2D eigenvalue weighted by Gasteiger charge is -2.44. The molecule has 28 heavy (non-hydrogen) atoms. The number of rotatable bonds is 6. The molecule has 0 radical (unpaired) electrons. The zero-order valence-corrected chi connectivity index (χ0v) is 15.9. The molecule has 2 aliphatic heterocycles. The van der Waals surface area contributed by atoms with Gasteiger partial charge in [0.2, 0.25) is 5.91 Å². The third-order valence-electron chi connectivity index (χ3n) is 5.74. The van der Waals surface area contributed by atoms with Crippen molar-refractivity contribution in [3.05, 3.63) is 65.5 Å². The van der Waals surface area contributed by atoms with Crippen LogP contribution in [0.1, 0.15) is 40.9 Å². The van der Waals surface area contributed by atoms with Crippen LogP contribution in [0.2, 0.25) is 0 Å². The molecule has 6 nitrogen and oxygen atoms in total. The molecule has 1 saturated heterocycles. The molecule has 0 atom stereocenters. The zero-order chi connectivity index (χ0) is 19.4. The first-order valence-electron chi connectivity index (χ1n) is 9.82. The van der Waals surface area contributed by atoms with Crippen LogP contribution in [0.4, 0.5) is 0 Å². The minimum atomic E-state index is -0.483. The van der Waals surface area contributed by atoms with E-state index in [4.69, 9.17) is 4.74 Å². The fourth-order valence-corrected chi connectivity index (χ4v) is 4.17. The first-order valence-corrected chi connectivity index (χ1v) is 9.82. The maximum Gasteiger partial charge on any atom is 0.254 e. The van der Waals surface area contributed by atoms with E-state index >= 15 is 0 Å². The summed E-state index contributed by atoms with van der Waals surface area (Å²) in [5.74, 6) is 0.000345. The van der Waals surface area contributed by atoms with Crippen molar-refractivity contribution in [2.75, 3.05) is 19.8 Å². The molecule has 2 aromatic rings. The number of nitrogens with zero attached hydrogens (tertiary/aromatic N) is 2. The Morgan fingerprint density at radius 1 is 1.14 bits per heavy atom. The summed E-state index contributed by atoms with van der Waals surface area (Å²) in [6.07, 6.45) is 4.11. The zero-order valence-electron chi connectivity index (χ0n) is 15.9. The van der Waals surface area contributed by atoms with E-state index in [1.165, 1.54) is 0 Å². The van der Waals surface area contributed by atoms with Gasteiger partial charge in [-0.3, -0.25) is 14.6 Å². The standard InChI is InChI=1S/C22H25N3O3/c26-20(24-12-8-18-6-3-4-11-23-18)15-22(9-13-28-14-10-22)25-16-17-5-1-2-7-19(17)21(25)27/h1-7,11H,8-10,12-16H2,(H,24,26). The number of aromatic nitrogens is 1. The van der Waals surface area contributed by atoms with Crippen LogP contribution in [-0.4, -0.2) is 47.0 Å². The minimum absolute atomic E-state index is 0.0263. The molecule has 1 fully saturated rings. The van der Waals surface area contributed by atoms with Gasteiger partial charge in [-0.05, 0) is 36.6 Å². The monoisotopic (exact) mass is 379 g/mol. The topological polar surface area (TPSA) is 71.5 Å². The lowest BCUT2D eigenvalue weighted by Crippen LogP contribution is -2.54. The number of amides is 2. The number of carbonyl (C=O) groups excluding carboxylic acids is 2. The van der Waals surface area contributed by atoms with Crippen LogP contribution in [0.3, 0.4) is 0 Å². The van der Waals surface area contributed by atoms with E-state index in [0.717, 1.165) is 16.8 Å².